The van der Waals surface area contributed by atoms with Crippen LogP contribution in [0.4, 0.5) is 0 Å². The third-order valence-corrected chi connectivity index (χ3v) is 4.53. The van der Waals surface area contributed by atoms with E-state index in [0.29, 0.717) is 12.3 Å². The van der Waals surface area contributed by atoms with Gasteiger partial charge in [0.15, 0.2) is 6.61 Å². The van der Waals surface area contributed by atoms with Crippen molar-refractivity contribution in [1.29, 1.82) is 0 Å². The second-order valence-electron chi connectivity index (χ2n) is 8.39. The minimum atomic E-state index is -0.653. The van der Waals surface area contributed by atoms with E-state index in [1.54, 1.807) is 18.9 Å². The summed E-state index contributed by atoms with van der Waals surface area (Å²) in [6.07, 6.45) is 0. The maximum absolute atomic E-state index is 13.0. The highest BCUT2D eigenvalue weighted by Gasteiger charge is 2.28. The van der Waals surface area contributed by atoms with Crippen molar-refractivity contribution in [2.45, 2.75) is 52.7 Å². The molecular formula is C24H32N2O4. The normalized spacial score (nSPS) is 12.1. The maximum atomic E-state index is 13.0. The van der Waals surface area contributed by atoms with E-state index in [9.17, 15) is 9.59 Å². The molecule has 30 heavy (non-hydrogen) atoms. The largest absolute Gasteiger partial charge is 0.497 e. The van der Waals surface area contributed by atoms with Crippen molar-refractivity contribution < 1.29 is 19.1 Å². The van der Waals surface area contributed by atoms with Crippen LogP contribution in [0.3, 0.4) is 0 Å². The molecule has 1 N–H and O–H groups in total. The predicted octanol–water partition coefficient (Wildman–Crippen LogP) is 3.71. The first-order valence-corrected chi connectivity index (χ1v) is 10.0. The second-order valence-corrected chi connectivity index (χ2v) is 8.39. The molecule has 0 unspecified atom stereocenters. The van der Waals surface area contributed by atoms with E-state index in [0.717, 1.165) is 16.9 Å². The summed E-state index contributed by atoms with van der Waals surface area (Å²) >= 11 is 0. The Balaban J connectivity index is 2.17. The zero-order valence-electron chi connectivity index (χ0n) is 18.7. The van der Waals surface area contributed by atoms with Gasteiger partial charge in [0.1, 0.15) is 17.5 Å². The van der Waals surface area contributed by atoms with Crippen LogP contribution in [0, 0.1) is 6.92 Å². The smallest absolute Gasteiger partial charge is 0.261 e. The van der Waals surface area contributed by atoms with E-state index in [1.807, 2.05) is 76.2 Å². The van der Waals surface area contributed by atoms with Crippen molar-refractivity contribution in [3.8, 4) is 11.5 Å². The molecule has 0 spiro atoms. The fourth-order valence-corrected chi connectivity index (χ4v) is 2.92. The summed E-state index contributed by atoms with van der Waals surface area (Å²) in [6.45, 7) is 9.57. The molecule has 6 heteroatoms. The van der Waals surface area contributed by atoms with Crippen LogP contribution in [-0.4, -0.2) is 42.0 Å². The highest BCUT2D eigenvalue weighted by atomic mass is 16.5. The number of methoxy groups -OCH3 is 1. The highest BCUT2D eigenvalue weighted by molar-refractivity contribution is 5.88. The minimum absolute atomic E-state index is 0.146. The fraction of sp³-hybridized carbons (Fsp3) is 0.417. The van der Waals surface area contributed by atoms with Crippen molar-refractivity contribution in [1.82, 2.24) is 10.2 Å². The Kier molecular flexibility index (Phi) is 7.86. The van der Waals surface area contributed by atoms with Gasteiger partial charge in [0.2, 0.25) is 5.91 Å². The summed E-state index contributed by atoms with van der Waals surface area (Å²) in [4.78, 5) is 27.3. The van der Waals surface area contributed by atoms with Gasteiger partial charge in [0.25, 0.3) is 5.91 Å². The molecule has 0 heterocycles. The molecule has 0 saturated carbocycles. The third-order valence-electron chi connectivity index (χ3n) is 4.53. The zero-order chi connectivity index (χ0) is 22.3. The number of rotatable bonds is 8. The number of ether oxygens (including phenoxy) is 2. The number of benzene rings is 2. The number of carbonyl (C=O) groups excluding carboxylic acids is 2. The molecule has 0 fully saturated rings. The number of nitrogens with zero attached hydrogens (tertiary/aromatic N) is 1. The molecule has 2 amide bonds. The number of aryl methyl sites for hydroxylation is 1. The van der Waals surface area contributed by atoms with Crippen LogP contribution < -0.4 is 14.8 Å². The van der Waals surface area contributed by atoms with Crippen molar-refractivity contribution in [2.75, 3.05) is 13.7 Å². The number of carbonyl (C=O) groups is 2. The summed E-state index contributed by atoms with van der Waals surface area (Å²) in [7, 11) is 1.60. The van der Waals surface area contributed by atoms with Gasteiger partial charge in [-0.3, -0.25) is 9.59 Å². The number of nitrogens with one attached hydrogen (secondary N) is 1. The van der Waals surface area contributed by atoms with Crippen LogP contribution in [0.1, 0.15) is 38.8 Å². The van der Waals surface area contributed by atoms with E-state index < -0.39 is 11.6 Å². The van der Waals surface area contributed by atoms with Gasteiger partial charge in [-0.05, 0) is 70.0 Å². The molecule has 0 radical (unpaired) electrons. The lowest BCUT2D eigenvalue weighted by atomic mass is 10.1. The molecular weight excluding hydrogens is 380 g/mol. The van der Waals surface area contributed by atoms with E-state index >= 15 is 0 Å². The zero-order valence-corrected chi connectivity index (χ0v) is 18.7. The van der Waals surface area contributed by atoms with Gasteiger partial charge in [-0.25, -0.2) is 0 Å². The molecule has 2 aromatic carbocycles. The average molecular weight is 413 g/mol. The standard InChI is InChI=1S/C24H32N2O4/c1-17-8-7-9-21(14-17)30-16-22(27)26(18(2)23(28)25-24(3,4)5)15-19-10-12-20(29-6)13-11-19/h7-14,18H,15-16H2,1-6H3,(H,25,28)/t18-/m0/s1. The van der Waals surface area contributed by atoms with E-state index in [-0.39, 0.29) is 18.4 Å². The van der Waals surface area contributed by atoms with Gasteiger partial charge in [-0.1, -0.05) is 24.3 Å². The molecule has 0 saturated heterocycles. The lowest BCUT2D eigenvalue weighted by Crippen LogP contribution is -2.53. The summed E-state index contributed by atoms with van der Waals surface area (Å²) in [5.41, 5.74) is 1.56. The van der Waals surface area contributed by atoms with Gasteiger partial charge in [-0.2, -0.15) is 0 Å². The van der Waals surface area contributed by atoms with Crippen LogP contribution in [0.2, 0.25) is 0 Å². The first-order chi connectivity index (χ1) is 14.1. The van der Waals surface area contributed by atoms with E-state index in [2.05, 4.69) is 5.32 Å². The van der Waals surface area contributed by atoms with E-state index in [1.165, 1.54) is 0 Å². The molecule has 0 bridgehead atoms. The first-order valence-electron chi connectivity index (χ1n) is 10.0. The van der Waals surface area contributed by atoms with Gasteiger partial charge in [0.05, 0.1) is 7.11 Å². The Morgan fingerprint density at radius 2 is 1.73 bits per heavy atom. The summed E-state index contributed by atoms with van der Waals surface area (Å²) in [5, 5.41) is 2.95. The summed E-state index contributed by atoms with van der Waals surface area (Å²) in [5.74, 6) is 0.890. The molecule has 0 aliphatic carbocycles. The first kappa shape index (κ1) is 23.3. The molecule has 0 aromatic heterocycles. The number of hydrogen-bond donors (Lipinski definition) is 1. The van der Waals surface area contributed by atoms with Crippen LogP contribution in [0.25, 0.3) is 0 Å². The lowest BCUT2D eigenvalue weighted by Gasteiger charge is -2.31. The SMILES string of the molecule is COc1ccc(CN(C(=O)COc2cccc(C)c2)[C@@H](C)C(=O)NC(C)(C)C)cc1. The summed E-state index contributed by atoms with van der Waals surface area (Å²) in [6, 6.07) is 14.3. The third kappa shape index (κ3) is 7.10. The Morgan fingerprint density at radius 3 is 2.30 bits per heavy atom. The minimum Gasteiger partial charge on any atom is -0.497 e. The van der Waals surface area contributed by atoms with Crippen LogP contribution in [0.15, 0.2) is 48.5 Å². The van der Waals surface area contributed by atoms with Gasteiger partial charge < -0.3 is 19.7 Å². The predicted molar refractivity (Wildman–Crippen MR) is 118 cm³/mol. The highest BCUT2D eigenvalue weighted by Crippen LogP contribution is 2.17. The molecule has 2 aromatic rings. The topological polar surface area (TPSA) is 67.9 Å². The Hall–Kier alpha value is -3.02. The lowest BCUT2D eigenvalue weighted by molar-refractivity contribution is -0.142. The number of amides is 2. The Bertz CT molecular complexity index is 856. The van der Waals surface area contributed by atoms with Crippen molar-refractivity contribution in [3.05, 3.63) is 59.7 Å². The summed E-state index contributed by atoms with van der Waals surface area (Å²) < 4.78 is 10.9. The Morgan fingerprint density at radius 1 is 1.07 bits per heavy atom. The molecule has 0 aliphatic heterocycles. The number of hydrogen-bond acceptors (Lipinski definition) is 4. The molecule has 0 aliphatic rings. The molecule has 162 valence electrons. The van der Waals surface area contributed by atoms with Crippen LogP contribution in [-0.2, 0) is 16.1 Å². The molecule has 6 nitrogen and oxygen atoms in total. The van der Waals surface area contributed by atoms with Crippen LogP contribution >= 0.6 is 0 Å². The van der Waals surface area contributed by atoms with Gasteiger partial charge >= 0.3 is 0 Å². The van der Waals surface area contributed by atoms with Gasteiger partial charge in [0, 0.05) is 12.1 Å². The molecule has 1 atom stereocenters. The molecule has 2 rings (SSSR count). The quantitative estimate of drug-likeness (QED) is 0.718. The van der Waals surface area contributed by atoms with Crippen molar-refractivity contribution in [3.63, 3.8) is 0 Å². The van der Waals surface area contributed by atoms with Crippen LogP contribution in [0.5, 0.6) is 11.5 Å². The second kappa shape index (κ2) is 10.1. The maximum Gasteiger partial charge on any atom is 0.261 e. The van der Waals surface area contributed by atoms with Gasteiger partial charge in [-0.15, -0.1) is 0 Å². The van der Waals surface area contributed by atoms with Crippen molar-refractivity contribution in [2.24, 2.45) is 0 Å². The fourth-order valence-electron chi connectivity index (χ4n) is 2.92. The Labute approximate surface area is 179 Å². The average Bonchev–Trinajstić information content (AvgIpc) is 2.69. The van der Waals surface area contributed by atoms with Crippen molar-refractivity contribution >= 4 is 11.8 Å². The monoisotopic (exact) mass is 412 g/mol. The van der Waals surface area contributed by atoms with E-state index in [4.69, 9.17) is 9.47 Å².